The molecule has 1 aromatic heterocycles. The number of esters is 1. The Labute approximate surface area is 120 Å². The van der Waals surface area contributed by atoms with Gasteiger partial charge in [0.25, 0.3) is 0 Å². The summed E-state index contributed by atoms with van der Waals surface area (Å²) in [6, 6.07) is 0. The van der Waals surface area contributed by atoms with Crippen LogP contribution in [0.1, 0.15) is 43.6 Å². The standard InChI is InChI=1S/C15H25N3O2/c1-9-13(10(2)18(6)17-9)11-7-16-8-12(11)14(19)20-15(3,4)5/h11-12,16H,7-8H2,1-6H3. The number of carbonyl (C=O) groups is 1. The molecular weight excluding hydrogens is 254 g/mol. The first-order valence-electron chi connectivity index (χ1n) is 7.14. The van der Waals surface area contributed by atoms with E-state index in [1.165, 1.54) is 5.56 Å². The van der Waals surface area contributed by atoms with Crippen molar-refractivity contribution in [3.05, 3.63) is 17.0 Å². The predicted octanol–water partition coefficient (Wildman–Crippen LogP) is 1.68. The van der Waals surface area contributed by atoms with Crippen LogP contribution in [0.5, 0.6) is 0 Å². The van der Waals surface area contributed by atoms with Crippen LogP contribution in [0.2, 0.25) is 0 Å². The van der Waals surface area contributed by atoms with Crippen molar-refractivity contribution >= 4 is 5.97 Å². The van der Waals surface area contributed by atoms with E-state index in [9.17, 15) is 4.79 Å². The van der Waals surface area contributed by atoms with Crippen LogP contribution in [-0.2, 0) is 16.6 Å². The fourth-order valence-corrected chi connectivity index (χ4v) is 2.93. The number of nitrogens with one attached hydrogen (secondary N) is 1. The van der Waals surface area contributed by atoms with E-state index in [-0.39, 0.29) is 17.8 Å². The molecule has 2 unspecified atom stereocenters. The van der Waals surface area contributed by atoms with Crippen LogP contribution in [0.3, 0.4) is 0 Å². The van der Waals surface area contributed by atoms with E-state index < -0.39 is 5.60 Å². The molecule has 2 rings (SSSR count). The lowest BCUT2D eigenvalue weighted by Crippen LogP contribution is -2.32. The highest BCUT2D eigenvalue weighted by molar-refractivity contribution is 5.75. The molecule has 0 saturated carbocycles. The maximum atomic E-state index is 12.4. The molecule has 0 spiro atoms. The highest BCUT2D eigenvalue weighted by atomic mass is 16.6. The van der Waals surface area contributed by atoms with Gasteiger partial charge in [0.15, 0.2) is 0 Å². The molecule has 1 aromatic rings. The van der Waals surface area contributed by atoms with Gasteiger partial charge in [0.1, 0.15) is 5.60 Å². The maximum absolute atomic E-state index is 12.4. The normalized spacial score (nSPS) is 23.1. The van der Waals surface area contributed by atoms with Gasteiger partial charge in [-0.15, -0.1) is 0 Å². The quantitative estimate of drug-likeness (QED) is 0.837. The average Bonchev–Trinajstić information content (AvgIpc) is 2.83. The Morgan fingerprint density at radius 3 is 2.50 bits per heavy atom. The monoisotopic (exact) mass is 279 g/mol. The number of aromatic nitrogens is 2. The van der Waals surface area contributed by atoms with Gasteiger partial charge in [-0.2, -0.15) is 5.10 Å². The Morgan fingerprint density at radius 1 is 1.35 bits per heavy atom. The number of hydrogen-bond donors (Lipinski definition) is 1. The first-order chi connectivity index (χ1) is 9.20. The molecule has 1 saturated heterocycles. The van der Waals surface area contributed by atoms with Gasteiger partial charge < -0.3 is 10.1 Å². The van der Waals surface area contributed by atoms with E-state index in [0.717, 1.165) is 17.9 Å². The predicted molar refractivity (Wildman–Crippen MR) is 77.6 cm³/mol. The molecular formula is C15H25N3O2. The molecule has 5 nitrogen and oxygen atoms in total. The van der Waals surface area contributed by atoms with Crippen molar-refractivity contribution in [1.82, 2.24) is 15.1 Å². The van der Waals surface area contributed by atoms with Crippen molar-refractivity contribution in [1.29, 1.82) is 0 Å². The van der Waals surface area contributed by atoms with Crippen LogP contribution in [0.25, 0.3) is 0 Å². The molecule has 5 heteroatoms. The van der Waals surface area contributed by atoms with E-state index in [4.69, 9.17) is 4.74 Å². The molecule has 2 atom stereocenters. The number of ether oxygens (including phenoxy) is 1. The van der Waals surface area contributed by atoms with E-state index >= 15 is 0 Å². The number of hydrogen-bond acceptors (Lipinski definition) is 4. The third kappa shape index (κ3) is 2.87. The minimum atomic E-state index is -0.441. The number of nitrogens with zero attached hydrogens (tertiary/aromatic N) is 2. The second-order valence-corrected chi connectivity index (χ2v) is 6.61. The zero-order valence-corrected chi connectivity index (χ0v) is 13.3. The van der Waals surface area contributed by atoms with Crippen LogP contribution in [0.15, 0.2) is 0 Å². The summed E-state index contributed by atoms with van der Waals surface area (Å²) in [7, 11) is 1.94. The summed E-state index contributed by atoms with van der Waals surface area (Å²) in [6.07, 6.45) is 0. The van der Waals surface area contributed by atoms with Crippen molar-refractivity contribution in [2.45, 2.75) is 46.1 Å². The molecule has 1 fully saturated rings. The molecule has 112 valence electrons. The summed E-state index contributed by atoms with van der Waals surface area (Å²) in [5, 5.41) is 7.77. The summed E-state index contributed by atoms with van der Waals surface area (Å²) in [6.45, 7) is 11.3. The second kappa shape index (κ2) is 5.20. The lowest BCUT2D eigenvalue weighted by Gasteiger charge is -2.24. The minimum Gasteiger partial charge on any atom is -0.460 e. The third-order valence-corrected chi connectivity index (χ3v) is 3.86. The van der Waals surface area contributed by atoms with Crippen LogP contribution < -0.4 is 5.32 Å². The molecule has 20 heavy (non-hydrogen) atoms. The lowest BCUT2D eigenvalue weighted by atomic mass is 9.87. The fraction of sp³-hybridized carbons (Fsp3) is 0.733. The van der Waals surface area contributed by atoms with Gasteiger partial charge in [-0.1, -0.05) is 0 Å². The topological polar surface area (TPSA) is 56.2 Å². The molecule has 1 N–H and O–H groups in total. The Balaban J connectivity index is 2.25. The Morgan fingerprint density at radius 2 is 2.00 bits per heavy atom. The largest absolute Gasteiger partial charge is 0.460 e. The summed E-state index contributed by atoms with van der Waals surface area (Å²) < 4.78 is 7.44. The Bertz CT molecular complexity index is 514. The number of aryl methyl sites for hydroxylation is 2. The second-order valence-electron chi connectivity index (χ2n) is 6.61. The molecule has 0 radical (unpaired) electrons. The lowest BCUT2D eigenvalue weighted by molar-refractivity contribution is -0.159. The molecule has 0 aromatic carbocycles. The van der Waals surface area contributed by atoms with Gasteiger partial charge in [0, 0.05) is 37.3 Å². The van der Waals surface area contributed by atoms with Crippen LogP contribution in [-0.4, -0.2) is 34.4 Å². The van der Waals surface area contributed by atoms with Crippen LogP contribution in [0, 0.1) is 19.8 Å². The number of carbonyl (C=O) groups excluding carboxylic acids is 1. The van der Waals surface area contributed by atoms with Gasteiger partial charge in [0.2, 0.25) is 0 Å². The summed E-state index contributed by atoms with van der Waals surface area (Å²) in [4.78, 5) is 12.4. The van der Waals surface area contributed by atoms with Crippen molar-refractivity contribution in [2.75, 3.05) is 13.1 Å². The van der Waals surface area contributed by atoms with Gasteiger partial charge in [-0.05, 0) is 34.6 Å². The average molecular weight is 279 g/mol. The SMILES string of the molecule is Cc1nn(C)c(C)c1C1CNCC1C(=O)OC(C)(C)C. The van der Waals surface area contributed by atoms with Gasteiger partial charge in [-0.25, -0.2) is 0 Å². The van der Waals surface area contributed by atoms with Crippen molar-refractivity contribution in [2.24, 2.45) is 13.0 Å². The molecule has 1 aliphatic rings. The Hall–Kier alpha value is -1.36. The summed E-state index contributed by atoms with van der Waals surface area (Å²) >= 11 is 0. The summed E-state index contributed by atoms with van der Waals surface area (Å²) in [5.41, 5.74) is 2.88. The van der Waals surface area contributed by atoms with Gasteiger partial charge in [-0.3, -0.25) is 9.48 Å². The van der Waals surface area contributed by atoms with Gasteiger partial charge >= 0.3 is 5.97 Å². The first kappa shape index (κ1) is 15.0. The molecule has 2 heterocycles. The highest BCUT2D eigenvalue weighted by Gasteiger charge is 2.39. The molecule has 0 amide bonds. The zero-order valence-electron chi connectivity index (χ0n) is 13.3. The van der Waals surface area contributed by atoms with Crippen LogP contribution in [0.4, 0.5) is 0 Å². The molecule has 0 bridgehead atoms. The van der Waals surface area contributed by atoms with Crippen molar-refractivity contribution < 1.29 is 9.53 Å². The van der Waals surface area contributed by atoms with E-state index in [2.05, 4.69) is 17.3 Å². The van der Waals surface area contributed by atoms with E-state index in [1.54, 1.807) is 0 Å². The Kier molecular flexibility index (Phi) is 3.91. The maximum Gasteiger partial charge on any atom is 0.311 e. The van der Waals surface area contributed by atoms with Crippen LogP contribution >= 0.6 is 0 Å². The van der Waals surface area contributed by atoms with E-state index in [0.29, 0.717) is 6.54 Å². The smallest absolute Gasteiger partial charge is 0.311 e. The highest BCUT2D eigenvalue weighted by Crippen LogP contribution is 2.33. The first-order valence-corrected chi connectivity index (χ1v) is 7.14. The van der Waals surface area contributed by atoms with Gasteiger partial charge in [0.05, 0.1) is 11.6 Å². The fourth-order valence-electron chi connectivity index (χ4n) is 2.93. The number of rotatable bonds is 2. The van der Waals surface area contributed by atoms with Crippen molar-refractivity contribution in [3.8, 4) is 0 Å². The molecule has 0 aliphatic carbocycles. The van der Waals surface area contributed by atoms with Crippen molar-refractivity contribution in [3.63, 3.8) is 0 Å². The minimum absolute atomic E-state index is 0.116. The summed E-state index contributed by atoms with van der Waals surface area (Å²) in [5.74, 6) is -0.0930. The third-order valence-electron chi connectivity index (χ3n) is 3.86. The zero-order chi connectivity index (χ0) is 15.1. The van der Waals surface area contributed by atoms with E-state index in [1.807, 2.05) is 39.4 Å². The molecule has 1 aliphatic heterocycles.